The fraction of sp³-hybridized carbons (Fsp3) is 0.650. The summed E-state index contributed by atoms with van der Waals surface area (Å²) in [5.41, 5.74) is 1.09. The fourth-order valence-electron chi connectivity index (χ4n) is 2.61. The van der Waals surface area contributed by atoms with E-state index in [1.54, 1.807) is 7.11 Å². The average molecular weight is 365 g/mol. The van der Waals surface area contributed by atoms with Crippen LogP contribution in [0.1, 0.15) is 33.3 Å². The summed E-state index contributed by atoms with van der Waals surface area (Å²) in [6, 6.07) is 8.30. The van der Waals surface area contributed by atoms with E-state index in [0.717, 1.165) is 43.5 Å². The molecule has 0 bridgehead atoms. The van der Waals surface area contributed by atoms with Gasteiger partial charge >= 0.3 is 0 Å². The standard InChI is InChI=1S/C20H36N4O2/c1-6-21-20(23-17(4)16-25-5)22-15-18-11-9-10-12-19(18)26-14-13-24(7-2)8-3/h9-12,17H,6-8,13-16H2,1-5H3,(H2,21,22,23). The van der Waals surface area contributed by atoms with Crippen molar-refractivity contribution >= 4 is 5.96 Å². The van der Waals surface area contributed by atoms with E-state index in [4.69, 9.17) is 14.5 Å². The van der Waals surface area contributed by atoms with Crippen molar-refractivity contribution in [2.45, 2.75) is 40.3 Å². The number of ether oxygens (including phenoxy) is 2. The Morgan fingerprint density at radius 3 is 2.58 bits per heavy atom. The minimum atomic E-state index is 0.193. The molecule has 6 heteroatoms. The molecule has 0 amide bonds. The van der Waals surface area contributed by atoms with E-state index < -0.39 is 0 Å². The third kappa shape index (κ3) is 8.54. The molecule has 0 radical (unpaired) electrons. The summed E-state index contributed by atoms with van der Waals surface area (Å²) in [7, 11) is 1.70. The predicted octanol–water partition coefficient (Wildman–Crippen LogP) is 2.50. The third-order valence-corrected chi connectivity index (χ3v) is 4.08. The molecule has 6 nitrogen and oxygen atoms in total. The SMILES string of the molecule is CCNC(=NCc1ccccc1OCCN(CC)CC)NC(C)COC. The zero-order chi connectivity index (χ0) is 19.2. The largest absolute Gasteiger partial charge is 0.492 e. The van der Waals surface area contributed by atoms with Gasteiger partial charge in [0.25, 0.3) is 0 Å². The van der Waals surface area contributed by atoms with Crippen LogP contribution in [-0.4, -0.2) is 63.4 Å². The Labute approximate surface area is 159 Å². The summed E-state index contributed by atoms with van der Waals surface area (Å²) in [6.07, 6.45) is 0. The highest BCUT2D eigenvalue weighted by molar-refractivity contribution is 5.80. The lowest BCUT2D eigenvalue weighted by Crippen LogP contribution is -2.43. The highest BCUT2D eigenvalue weighted by Gasteiger charge is 2.07. The van der Waals surface area contributed by atoms with Gasteiger partial charge in [-0.3, -0.25) is 0 Å². The molecule has 0 spiro atoms. The van der Waals surface area contributed by atoms with Gasteiger partial charge < -0.3 is 25.0 Å². The molecule has 1 atom stereocenters. The van der Waals surface area contributed by atoms with Gasteiger partial charge in [-0.2, -0.15) is 0 Å². The highest BCUT2D eigenvalue weighted by atomic mass is 16.5. The van der Waals surface area contributed by atoms with Crippen LogP contribution in [0.4, 0.5) is 0 Å². The fourth-order valence-corrected chi connectivity index (χ4v) is 2.61. The molecular formula is C20H36N4O2. The van der Waals surface area contributed by atoms with Gasteiger partial charge in [0.2, 0.25) is 0 Å². The smallest absolute Gasteiger partial charge is 0.191 e. The molecule has 0 aliphatic heterocycles. The highest BCUT2D eigenvalue weighted by Crippen LogP contribution is 2.18. The molecule has 0 heterocycles. The molecule has 1 aromatic rings. The van der Waals surface area contributed by atoms with Crippen molar-refractivity contribution in [1.82, 2.24) is 15.5 Å². The second-order valence-electron chi connectivity index (χ2n) is 6.18. The second-order valence-corrected chi connectivity index (χ2v) is 6.18. The third-order valence-electron chi connectivity index (χ3n) is 4.08. The lowest BCUT2D eigenvalue weighted by Gasteiger charge is -2.19. The first kappa shape index (κ1) is 22.3. The summed E-state index contributed by atoms with van der Waals surface area (Å²) >= 11 is 0. The van der Waals surface area contributed by atoms with Crippen LogP contribution in [0.3, 0.4) is 0 Å². The Balaban J connectivity index is 2.69. The van der Waals surface area contributed by atoms with Crippen LogP contribution in [-0.2, 0) is 11.3 Å². The maximum absolute atomic E-state index is 6.01. The van der Waals surface area contributed by atoms with Gasteiger partial charge in [-0.05, 0) is 33.0 Å². The zero-order valence-corrected chi connectivity index (χ0v) is 17.0. The Kier molecular flexibility index (Phi) is 11.5. The van der Waals surface area contributed by atoms with Crippen LogP contribution < -0.4 is 15.4 Å². The van der Waals surface area contributed by atoms with Crippen LogP contribution in [0, 0.1) is 0 Å². The van der Waals surface area contributed by atoms with Crippen molar-refractivity contribution in [2.24, 2.45) is 4.99 Å². The number of benzene rings is 1. The molecule has 1 unspecified atom stereocenters. The zero-order valence-electron chi connectivity index (χ0n) is 17.0. The van der Waals surface area contributed by atoms with Gasteiger partial charge in [0.1, 0.15) is 12.4 Å². The number of nitrogens with zero attached hydrogens (tertiary/aromatic N) is 2. The summed E-state index contributed by atoms with van der Waals surface area (Å²) in [4.78, 5) is 7.04. The maximum atomic E-state index is 6.01. The van der Waals surface area contributed by atoms with Gasteiger partial charge in [0.15, 0.2) is 5.96 Å². The molecule has 0 aromatic heterocycles. The van der Waals surface area contributed by atoms with Crippen LogP contribution >= 0.6 is 0 Å². The lowest BCUT2D eigenvalue weighted by molar-refractivity contribution is 0.179. The van der Waals surface area contributed by atoms with Crippen molar-refractivity contribution in [2.75, 3.05) is 46.5 Å². The van der Waals surface area contributed by atoms with Gasteiger partial charge in [-0.1, -0.05) is 32.0 Å². The van der Waals surface area contributed by atoms with E-state index in [2.05, 4.69) is 49.3 Å². The number of para-hydroxylation sites is 1. The van der Waals surface area contributed by atoms with E-state index >= 15 is 0 Å². The molecule has 0 saturated heterocycles. The number of nitrogens with one attached hydrogen (secondary N) is 2. The topological polar surface area (TPSA) is 58.1 Å². The van der Waals surface area contributed by atoms with E-state index in [1.807, 2.05) is 18.2 Å². The molecule has 0 fully saturated rings. The number of hydrogen-bond donors (Lipinski definition) is 2. The summed E-state index contributed by atoms with van der Waals surface area (Å²) in [6.45, 7) is 14.2. The Hall–Kier alpha value is -1.79. The number of rotatable bonds is 12. The Bertz CT molecular complexity index is 518. The van der Waals surface area contributed by atoms with Crippen molar-refractivity contribution in [3.63, 3.8) is 0 Å². The first-order chi connectivity index (χ1) is 12.6. The number of guanidine groups is 1. The van der Waals surface area contributed by atoms with Crippen LogP contribution in [0.2, 0.25) is 0 Å². The molecule has 0 saturated carbocycles. The quantitative estimate of drug-likeness (QED) is 0.441. The number of aliphatic imine (C=N–C) groups is 1. The molecular weight excluding hydrogens is 328 g/mol. The van der Waals surface area contributed by atoms with E-state index in [0.29, 0.717) is 19.8 Å². The molecule has 2 N–H and O–H groups in total. The van der Waals surface area contributed by atoms with Gasteiger partial charge in [0.05, 0.1) is 13.2 Å². The number of methoxy groups -OCH3 is 1. The van der Waals surface area contributed by atoms with Gasteiger partial charge in [-0.25, -0.2) is 4.99 Å². The first-order valence-electron chi connectivity index (χ1n) is 9.61. The van der Waals surface area contributed by atoms with Crippen LogP contribution in [0.25, 0.3) is 0 Å². The Morgan fingerprint density at radius 1 is 1.19 bits per heavy atom. The van der Waals surface area contributed by atoms with E-state index in [9.17, 15) is 0 Å². The van der Waals surface area contributed by atoms with Crippen molar-refractivity contribution in [3.05, 3.63) is 29.8 Å². The van der Waals surface area contributed by atoms with Gasteiger partial charge in [-0.15, -0.1) is 0 Å². The van der Waals surface area contributed by atoms with E-state index in [1.165, 1.54) is 0 Å². The lowest BCUT2D eigenvalue weighted by atomic mass is 10.2. The molecule has 26 heavy (non-hydrogen) atoms. The maximum Gasteiger partial charge on any atom is 0.191 e. The first-order valence-corrected chi connectivity index (χ1v) is 9.61. The van der Waals surface area contributed by atoms with Crippen molar-refractivity contribution in [1.29, 1.82) is 0 Å². The van der Waals surface area contributed by atoms with Crippen LogP contribution in [0.15, 0.2) is 29.3 Å². The minimum absolute atomic E-state index is 0.193. The summed E-state index contributed by atoms with van der Waals surface area (Å²) < 4.78 is 11.2. The van der Waals surface area contributed by atoms with Crippen LogP contribution in [0.5, 0.6) is 5.75 Å². The van der Waals surface area contributed by atoms with E-state index in [-0.39, 0.29) is 6.04 Å². The number of hydrogen-bond acceptors (Lipinski definition) is 4. The molecule has 1 aromatic carbocycles. The van der Waals surface area contributed by atoms with Gasteiger partial charge in [0, 0.05) is 31.8 Å². The molecule has 0 aliphatic rings. The van der Waals surface area contributed by atoms with Crippen molar-refractivity contribution < 1.29 is 9.47 Å². The monoisotopic (exact) mass is 364 g/mol. The average Bonchev–Trinajstić information content (AvgIpc) is 2.64. The normalized spacial score (nSPS) is 12.9. The second kappa shape index (κ2) is 13.4. The minimum Gasteiger partial charge on any atom is -0.492 e. The molecule has 0 aliphatic carbocycles. The summed E-state index contributed by atoms with van der Waals surface area (Å²) in [5.74, 6) is 1.69. The Morgan fingerprint density at radius 2 is 1.92 bits per heavy atom. The molecule has 148 valence electrons. The molecule has 1 rings (SSSR count). The van der Waals surface area contributed by atoms with Crippen molar-refractivity contribution in [3.8, 4) is 5.75 Å². The predicted molar refractivity (Wildman–Crippen MR) is 109 cm³/mol. The summed E-state index contributed by atoms with van der Waals surface area (Å²) in [5, 5.41) is 6.62. The number of likely N-dealkylation sites (N-methyl/N-ethyl adjacent to an activating group) is 1.